The number of halogens is 2. The molecule has 1 aromatic carbocycles. The summed E-state index contributed by atoms with van der Waals surface area (Å²) in [6, 6.07) is 2.56. The standard InChI is InChI=1S/C13H10F2N2O3/c1-7-5-17(13(20)16-12(7)19)6-11(18)9-3-2-8(14)4-10(9)15/h2-5H,6H2,1H3,(H,16,19,20). The van der Waals surface area contributed by atoms with Crippen LogP contribution in [0.2, 0.25) is 0 Å². The van der Waals surface area contributed by atoms with E-state index in [2.05, 4.69) is 0 Å². The third kappa shape index (κ3) is 2.71. The zero-order chi connectivity index (χ0) is 14.9. The summed E-state index contributed by atoms with van der Waals surface area (Å²) >= 11 is 0. The first-order chi connectivity index (χ1) is 9.38. The van der Waals surface area contributed by atoms with Gasteiger partial charge >= 0.3 is 5.69 Å². The third-order valence-corrected chi connectivity index (χ3v) is 2.73. The number of nitrogens with zero attached hydrogens (tertiary/aromatic N) is 1. The SMILES string of the molecule is Cc1cn(CC(=O)c2ccc(F)cc2F)c(=O)[nH]c1=O. The number of carbonyl (C=O) groups is 1. The number of Topliss-reactive ketones (excluding diaryl/α,β-unsaturated/α-hetero) is 1. The van der Waals surface area contributed by atoms with Gasteiger partial charge in [-0.1, -0.05) is 0 Å². The van der Waals surface area contributed by atoms with E-state index in [0.717, 1.165) is 16.7 Å². The van der Waals surface area contributed by atoms with Crippen molar-refractivity contribution in [3.8, 4) is 0 Å². The van der Waals surface area contributed by atoms with Crippen molar-refractivity contribution < 1.29 is 13.6 Å². The first kappa shape index (κ1) is 13.9. The van der Waals surface area contributed by atoms with Crippen LogP contribution in [0.15, 0.2) is 34.0 Å². The molecule has 5 nitrogen and oxygen atoms in total. The van der Waals surface area contributed by atoms with Gasteiger partial charge in [0, 0.05) is 17.8 Å². The smallest absolute Gasteiger partial charge is 0.293 e. The lowest BCUT2D eigenvalue weighted by molar-refractivity contribution is 0.0966. The van der Waals surface area contributed by atoms with Crippen molar-refractivity contribution in [3.63, 3.8) is 0 Å². The van der Waals surface area contributed by atoms with Gasteiger partial charge in [0.15, 0.2) is 5.78 Å². The van der Waals surface area contributed by atoms with Crippen molar-refractivity contribution in [2.75, 3.05) is 0 Å². The maximum Gasteiger partial charge on any atom is 0.328 e. The fraction of sp³-hybridized carbons (Fsp3) is 0.154. The van der Waals surface area contributed by atoms with Crippen LogP contribution in [0.5, 0.6) is 0 Å². The van der Waals surface area contributed by atoms with Crippen LogP contribution < -0.4 is 11.2 Å². The summed E-state index contributed by atoms with van der Waals surface area (Å²) in [6.45, 7) is 1.02. The normalized spacial score (nSPS) is 10.6. The average molecular weight is 280 g/mol. The van der Waals surface area contributed by atoms with Crippen molar-refractivity contribution in [3.05, 3.63) is 68.0 Å². The highest BCUT2D eigenvalue weighted by Gasteiger charge is 2.14. The van der Waals surface area contributed by atoms with Crippen LogP contribution in [0.25, 0.3) is 0 Å². The largest absolute Gasteiger partial charge is 0.328 e. The topological polar surface area (TPSA) is 71.9 Å². The van der Waals surface area contributed by atoms with Crippen LogP contribution in [-0.2, 0) is 6.54 Å². The van der Waals surface area contributed by atoms with Crippen molar-refractivity contribution in [1.29, 1.82) is 0 Å². The molecule has 0 aliphatic carbocycles. The highest BCUT2D eigenvalue weighted by molar-refractivity contribution is 5.96. The van der Waals surface area contributed by atoms with Gasteiger partial charge in [-0.2, -0.15) is 0 Å². The molecule has 2 aromatic rings. The van der Waals surface area contributed by atoms with Crippen LogP contribution in [0.3, 0.4) is 0 Å². The van der Waals surface area contributed by atoms with Crippen molar-refractivity contribution in [2.45, 2.75) is 13.5 Å². The van der Waals surface area contributed by atoms with E-state index < -0.39 is 35.2 Å². The van der Waals surface area contributed by atoms with Crippen LogP contribution in [0.4, 0.5) is 8.78 Å². The van der Waals surface area contributed by atoms with E-state index in [4.69, 9.17) is 0 Å². The fourth-order valence-corrected chi connectivity index (χ4v) is 1.69. The van der Waals surface area contributed by atoms with E-state index in [1.165, 1.54) is 13.1 Å². The summed E-state index contributed by atoms with van der Waals surface area (Å²) in [6.07, 6.45) is 1.21. The molecule has 2 rings (SSSR count). The summed E-state index contributed by atoms with van der Waals surface area (Å²) in [5.74, 6) is -2.49. The Balaban J connectivity index is 2.35. The molecule has 1 aromatic heterocycles. The van der Waals surface area contributed by atoms with E-state index in [0.29, 0.717) is 6.07 Å². The van der Waals surface area contributed by atoms with E-state index in [-0.39, 0.29) is 11.1 Å². The van der Waals surface area contributed by atoms with E-state index in [1.54, 1.807) is 0 Å². The number of hydrogen-bond acceptors (Lipinski definition) is 3. The molecule has 7 heteroatoms. The lowest BCUT2D eigenvalue weighted by Gasteiger charge is -2.06. The minimum Gasteiger partial charge on any atom is -0.293 e. The molecule has 0 saturated carbocycles. The molecule has 0 atom stereocenters. The molecule has 20 heavy (non-hydrogen) atoms. The molecule has 1 heterocycles. The van der Waals surface area contributed by atoms with Crippen LogP contribution in [-0.4, -0.2) is 15.3 Å². The van der Waals surface area contributed by atoms with Gasteiger partial charge in [0.1, 0.15) is 11.6 Å². The van der Waals surface area contributed by atoms with E-state index in [9.17, 15) is 23.2 Å². The first-order valence-corrected chi connectivity index (χ1v) is 5.67. The summed E-state index contributed by atoms with van der Waals surface area (Å²) in [4.78, 5) is 36.6. The van der Waals surface area contributed by atoms with Gasteiger partial charge in [-0.3, -0.25) is 19.1 Å². The molecular weight excluding hydrogens is 270 g/mol. The molecule has 0 spiro atoms. The van der Waals surface area contributed by atoms with Crippen LogP contribution >= 0.6 is 0 Å². The van der Waals surface area contributed by atoms with Crippen LogP contribution in [0.1, 0.15) is 15.9 Å². The van der Waals surface area contributed by atoms with Gasteiger partial charge in [0.05, 0.1) is 12.1 Å². The van der Waals surface area contributed by atoms with Gasteiger partial charge in [-0.15, -0.1) is 0 Å². The Labute approximate surface area is 111 Å². The van der Waals surface area contributed by atoms with E-state index >= 15 is 0 Å². The Kier molecular flexibility index (Phi) is 3.60. The number of carbonyl (C=O) groups excluding carboxylic acids is 1. The Hall–Kier alpha value is -2.57. The monoisotopic (exact) mass is 280 g/mol. The maximum absolute atomic E-state index is 13.4. The zero-order valence-electron chi connectivity index (χ0n) is 10.4. The molecule has 1 N–H and O–H groups in total. The highest BCUT2D eigenvalue weighted by atomic mass is 19.1. The Bertz CT molecular complexity index is 793. The number of hydrogen-bond donors (Lipinski definition) is 1. The lowest BCUT2D eigenvalue weighted by Crippen LogP contribution is -2.32. The Morgan fingerprint density at radius 1 is 1.30 bits per heavy atom. The third-order valence-electron chi connectivity index (χ3n) is 2.73. The number of benzene rings is 1. The molecule has 0 bridgehead atoms. The number of H-pyrrole nitrogens is 1. The van der Waals surface area contributed by atoms with Crippen molar-refractivity contribution in [1.82, 2.24) is 9.55 Å². The predicted octanol–water partition coefficient (Wildman–Crippen LogP) is 1.01. The predicted molar refractivity (Wildman–Crippen MR) is 66.7 cm³/mol. The highest BCUT2D eigenvalue weighted by Crippen LogP contribution is 2.10. The molecular formula is C13H10F2N2O3. The van der Waals surface area contributed by atoms with E-state index in [1.807, 2.05) is 4.98 Å². The second-order valence-corrected chi connectivity index (χ2v) is 4.25. The summed E-state index contributed by atoms with van der Waals surface area (Å²) in [5.41, 5.74) is -1.39. The number of aromatic amines is 1. The summed E-state index contributed by atoms with van der Waals surface area (Å²) < 4.78 is 27.2. The quantitative estimate of drug-likeness (QED) is 0.853. The lowest BCUT2D eigenvalue weighted by atomic mass is 10.1. The molecule has 0 unspecified atom stereocenters. The molecule has 0 amide bonds. The molecule has 0 saturated heterocycles. The summed E-state index contributed by atoms with van der Waals surface area (Å²) in [5, 5.41) is 0. The van der Waals surface area contributed by atoms with Gasteiger partial charge in [0.2, 0.25) is 0 Å². The molecule has 0 aliphatic rings. The van der Waals surface area contributed by atoms with Gasteiger partial charge in [-0.05, 0) is 19.1 Å². The molecule has 0 radical (unpaired) electrons. The second kappa shape index (κ2) is 5.20. The van der Waals surface area contributed by atoms with Crippen molar-refractivity contribution in [2.24, 2.45) is 0 Å². The molecule has 0 fully saturated rings. The molecule has 104 valence electrons. The zero-order valence-corrected chi connectivity index (χ0v) is 10.4. The average Bonchev–Trinajstić information content (AvgIpc) is 2.35. The number of nitrogens with one attached hydrogen (secondary N) is 1. The Morgan fingerprint density at radius 3 is 2.65 bits per heavy atom. The van der Waals surface area contributed by atoms with Crippen molar-refractivity contribution >= 4 is 5.78 Å². The number of aryl methyl sites for hydroxylation is 1. The van der Waals surface area contributed by atoms with Gasteiger partial charge < -0.3 is 0 Å². The number of ketones is 1. The molecule has 0 aliphatic heterocycles. The minimum absolute atomic E-state index is 0.247. The number of aromatic nitrogens is 2. The number of rotatable bonds is 3. The fourth-order valence-electron chi connectivity index (χ4n) is 1.69. The van der Waals surface area contributed by atoms with Crippen LogP contribution in [0, 0.1) is 18.6 Å². The minimum atomic E-state index is -0.996. The van der Waals surface area contributed by atoms with Gasteiger partial charge in [-0.25, -0.2) is 13.6 Å². The first-order valence-electron chi connectivity index (χ1n) is 5.67. The Morgan fingerprint density at radius 2 is 2.00 bits per heavy atom. The summed E-state index contributed by atoms with van der Waals surface area (Å²) in [7, 11) is 0. The van der Waals surface area contributed by atoms with Gasteiger partial charge in [0.25, 0.3) is 5.56 Å². The maximum atomic E-state index is 13.4. The second-order valence-electron chi connectivity index (χ2n) is 4.25.